The smallest absolute Gasteiger partial charge is 0.0453 e. The van der Waals surface area contributed by atoms with Crippen LogP contribution in [0.1, 0.15) is 18.2 Å². The highest BCUT2D eigenvalue weighted by atomic mass is 79.9. The lowest BCUT2D eigenvalue weighted by atomic mass is 10.0. The fourth-order valence-corrected chi connectivity index (χ4v) is 3.45. The summed E-state index contributed by atoms with van der Waals surface area (Å²) >= 11 is 17.1. The van der Waals surface area contributed by atoms with Crippen molar-refractivity contribution >= 4 is 50.5 Å². The van der Waals surface area contributed by atoms with Crippen molar-refractivity contribution in [3.8, 4) is 0 Å². The molecule has 1 heterocycles. The third-order valence-corrected chi connectivity index (χ3v) is 5.45. The Labute approximate surface area is 113 Å². The van der Waals surface area contributed by atoms with E-state index in [1.54, 1.807) is 11.3 Å². The molecule has 1 nitrogen and oxygen atoms in total. The topological polar surface area (TPSA) is 12.0 Å². The molecular formula is C10H14BrCl2NS. The molecule has 5 heteroatoms. The standard InChI is InChI=1S/C10H14BrCl2NS/c1-2-10(6-12,7-13)14-5-9-8(11)3-4-15-9/h3-4,14H,2,5-7H2,1H3. The molecule has 0 aromatic carbocycles. The molecule has 0 radical (unpaired) electrons. The zero-order chi connectivity index (χ0) is 11.3. The van der Waals surface area contributed by atoms with Gasteiger partial charge in [0.15, 0.2) is 0 Å². The first kappa shape index (κ1) is 13.8. The number of halogens is 3. The monoisotopic (exact) mass is 329 g/mol. The van der Waals surface area contributed by atoms with Crippen LogP contribution in [-0.2, 0) is 6.54 Å². The molecule has 1 aromatic rings. The first-order valence-corrected chi connectivity index (χ1v) is 7.50. The van der Waals surface area contributed by atoms with Gasteiger partial charge in [-0.3, -0.25) is 0 Å². The minimum absolute atomic E-state index is 0.146. The average Bonchev–Trinajstić information content (AvgIpc) is 2.67. The van der Waals surface area contributed by atoms with Crippen molar-refractivity contribution in [3.63, 3.8) is 0 Å². The molecular weight excluding hydrogens is 317 g/mol. The SMILES string of the molecule is CCC(CCl)(CCl)NCc1sccc1Br. The molecule has 0 amide bonds. The fraction of sp³-hybridized carbons (Fsp3) is 0.600. The number of thiophene rings is 1. The fourth-order valence-electron chi connectivity index (χ4n) is 1.16. The summed E-state index contributed by atoms with van der Waals surface area (Å²) in [5.74, 6) is 1.08. The Kier molecular flexibility index (Phi) is 5.93. The van der Waals surface area contributed by atoms with Crippen molar-refractivity contribution in [2.24, 2.45) is 0 Å². The maximum Gasteiger partial charge on any atom is 0.0453 e. The summed E-state index contributed by atoms with van der Waals surface area (Å²) in [6.45, 7) is 2.91. The van der Waals surface area contributed by atoms with Gasteiger partial charge in [-0.2, -0.15) is 0 Å². The van der Waals surface area contributed by atoms with E-state index in [-0.39, 0.29) is 5.54 Å². The lowest BCUT2D eigenvalue weighted by molar-refractivity contribution is 0.386. The van der Waals surface area contributed by atoms with Crippen LogP contribution < -0.4 is 5.32 Å². The molecule has 0 atom stereocenters. The van der Waals surface area contributed by atoms with Gasteiger partial charge < -0.3 is 5.32 Å². The normalized spacial score (nSPS) is 12.0. The molecule has 0 saturated heterocycles. The highest BCUT2D eigenvalue weighted by Gasteiger charge is 2.25. The minimum Gasteiger partial charge on any atom is -0.304 e. The molecule has 0 spiro atoms. The second-order valence-electron chi connectivity index (χ2n) is 3.45. The van der Waals surface area contributed by atoms with E-state index in [0.29, 0.717) is 11.8 Å². The van der Waals surface area contributed by atoms with Crippen LogP contribution in [0.25, 0.3) is 0 Å². The lowest BCUT2D eigenvalue weighted by Crippen LogP contribution is -2.47. The Hall–Kier alpha value is 0.720. The van der Waals surface area contributed by atoms with E-state index in [0.717, 1.165) is 17.4 Å². The second kappa shape index (κ2) is 6.45. The zero-order valence-corrected chi connectivity index (χ0v) is 12.4. The van der Waals surface area contributed by atoms with Crippen LogP contribution in [0.3, 0.4) is 0 Å². The molecule has 1 aromatic heterocycles. The molecule has 86 valence electrons. The Morgan fingerprint density at radius 3 is 2.53 bits per heavy atom. The summed E-state index contributed by atoms with van der Waals surface area (Å²) in [5, 5.41) is 5.51. The van der Waals surface area contributed by atoms with Gasteiger partial charge >= 0.3 is 0 Å². The Morgan fingerprint density at radius 2 is 2.13 bits per heavy atom. The van der Waals surface area contributed by atoms with Crippen molar-refractivity contribution in [1.82, 2.24) is 5.32 Å². The van der Waals surface area contributed by atoms with E-state index in [2.05, 4.69) is 39.6 Å². The molecule has 0 unspecified atom stereocenters. The summed E-state index contributed by atoms with van der Waals surface area (Å²) in [6, 6.07) is 2.05. The van der Waals surface area contributed by atoms with Crippen LogP contribution in [0.4, 0.5) is 0 Å². The summed E-state index contributed by atoms with van der Waals surface area (Å²) < 4.78 is 1.15. The van der Waals surface area contributed by atoms with E-state index in [9.17, 15) is 0 Å². The van der Waals surface area contributed by atoms with Gasteiger partial charge in [-0.1, -0.05) is 6.92 Å². The Bertz CT molecular complexity index is 291. The van der Waals surface area contributed by atoms with Crippen LogP contribution in [-0.4, -0.2) is 17.3 Å². The van der Waals surface area contributed by atoms with Crippen LogP contribution in [0.15, 0.2) is 15.9 Å². The number of rotatable bonds is 6. The Morgan fingerprint density at radius 1 is 1.47 bits per heavy atom. The summed E-state index contributed by atoms with van der Waals surface area (Å²) in [7, 11) is 0. The molecule has 15 heavy (non-hydrogen) atoms. The van der Waals surface area contributed by atoms with Crippen LogP contribution >= 0.6 is 50.5 Å². The minimum atomic E-state index is -0.146. The molecule has 1 N–H and O–H groups in total. The number of alkyl halides is 2. The molecule has 0 bridgehead atoms. The molecule has 0 aliphatic rings. The lowest BCUT2D eigenvalue weighted by Gasteiger charge is -2.29. The van der Waals surface area contributed by atoms with E-state index in [4.69, 9.17) is 23.2 Å². The number of nitrogens with one attached hydrogen (secondary N) is 1. The maximum atomic E-state index is 5.95. The molecule has 0 saturated carbocycles. The highest BCUT2D eigenvalue weighted by molar-refractivity contribution is 9.10. The first-order valence-electron chi connectivity index (χ1n) is 4.76. The van der Waals surface area contributed by atoms with Crippen molar-refractivity contribution in [2.45, 2.75) is 25.4 Å². The third-order valence-electron chi connectivity index (χ3n) is 2.50. The highest BCUT2D eigenvalue weighted by Crippen LogP contribution is 2.24. The van der Waals surface area contributed by atoms with Crippen molar-refractivity contribution in [2.75, 3.05) is 11.8 Å². The second-order valence-corrected chi connectivity index (χ2v) is 5.84. The van der Waals surface area contributed by atoms with Crippen molar-refractivity contribution in [3.05, 3.63) is 20.8 Å². The molecule has 1 rings (SSSR count). The first-order chi connectivity index (χ1) is 7.17. The summed E-state index contributed by atoms with van der Waals surface area (Å²) in [4.78, 5) is 1.28. The van der Waals surface area contributed by atoms with Gasteiger partial charge in [0.25, 0.3) is 0 Å². The predicted octanol–water partition coefficient (Wildman–Crippen LogP) is 4.23. The van der Waals surface area contributed by atoms with Gasteiger partial charge in [-0.05, 0) is 33.8 Å². The van der Waals surface area contributed by atoms with Crippen LogP contribution in [0, 0.1) is 0 Å². The van der Waals surface area contributed by atoms with E-state index in [1.807, 2.05) is 0 Å². The Balaban J connectivity index is 2.58. The molecule has 0 aliphatic carbocycles. The third kappa shape index (κ3) is 3.60. The van der Waals surface area contributed by atoms with E-state index < -0.39 is 0 Å². The predicted molar refractivity (Wildman–Crippen MR) is 73.3 cm³/mol. The van der Waals surface area contributed by atoms with Crippen molar-refractivity contribution in [1.29, 1.82) is 0 Å². The number of hydrogen-bond acceptors (Lipinski definition) is 2. The maximum absolute atomic E-state index is 5.95. The molecule has 0 aliphatic heterocycles. The summed E-state index contributed by atoms with van der Waals surface area (Å²) in [6.07, 6.45) is 0.934. The van der Waals surface area contributed by atoms with Gasteiger partial charge in [-0.25, -0.2) is 0 Å². The van der Waals surface area contributed by atoms with Crippen LogP contribution in [0.5, 0.6) is 0 Å². The van der Waals surface area contributed by atoms with Gasteiger partial charge in [0.1, 0.15) is 0 Å². The summed E-state index contributed by atoms with van der Waals surface area (Å²) in [5.41, 5.74) is -0.146. The van der Waals surface area contributed by atoms with Crippen molar-refractivity contribution < 1.29 is 0 Å². The van der Waals surface area contributed by atoms with Gasteiger partial charge in [-0.15, -0.1) is 34.5 Å². The van der Waals surface area contributed by atoms with E-state index in [1.165, 1.54) is 4.88 Å². The van der Waals surface area contributed by atoms with Gasteiger partial charge in [0, 0.05) is 33.2 Å². The van der Waals surface area contributed by atoms with Gasteiger partial charge in [0.05, 0.1) is 0 Å². The number of hydrogen-bond donors (Lipinski definition) is 1. The molecule has 0 fully saturated rings. The largest absolute Gasteiger partial charge is 0.304 e. The quantitative estimate of drug-likeness (QED) is 0.770. The van der Waals surface area contributed by atoms with Gasteiger partial charge in [0.2, 0.25) is 0 Å². The van der Waals surface area contributed by atoms with E-state index >= 15 is 0 Å². The van der Waals surface area contributed by atoms with Crippen LogP contribution in [0.2, 0.25) is 0 Å². The average molecular weight is 331 g/mol. The zero-order valence-electron chi connectivity index (χ0n) is 8.53.